The number of amides is 7. The predicted molar refractivity (Wildman–Crippen MR) is 426 cm³/mol. The van der Waals surface area contributed by atoms with Gasteiger partial charge in [0.15, 0.2) is 0 Å². The maximum atomic E-state index is 15.5. The predicted octanol–water partition coefficient (Wildman–Crippen LogP) is 6.86. The summed E-state index contributed by atoms with van der Waals surface area (Å²) in [5, 5.41) is 49.7. The van der Waals surface area contributed by atoms with Crippen LogP contribution < -0.4 is 71.9 Å². The molecular weight excluding hydrogens is 1480 g/mol. The van der Waals surface area contributed by atoms with Crippen molar-refractivity contribution in [3.63, 3.8) is 0 Å². The summed E-state index contributed by atoms with van der Waals surface area (Å²) in [6.07, 6.45) is 1.37. The summed E-state index contributed by atoms with van der Waals surface area (Å²) in [5.74, 6) is -6.07. The van der Waals surface area contributed by atoms with Gasteiger partial charge in [-0.25, -0.2) is 35.9 Å². The highest BCUT2D eigenvalue weighted by Gasteiger charge is 2.43. The van der Waals surface area contributed by atoms with Crippen LogP contribution in [0.4, 0.5) is 4.79 Å². The molecule has 7 amide bonds. The Kier molecular flexibility index (Phi) is 31.4. The van der Waals surface area contributed by atoms with E-state index in [1.54, 1.807) is 100 Å². The SMILES string of the molecule is CC[C@H](C)[C@H](NC(=O)[C@H](Cc1ccc(OC(C)(C)C)cc1)NC(=O)[C@@H]1CCCN1C(=O)[C@H](CCCNC(=N)NS(=O)(=O)c1c(C)c(C)c2c(c1C)CC(C)(C)O2)NC(=O)[C@H](CCCNC(=N)NS(=O)(=O)c1c(C)c(C)c2c(c1C)CC(C)(C)O2)NC(=O)[C@@H](N)CCCCNC(=O)OC(C)(C)C)C(=O)N[C@@H](CC(C)C)C(=O)O. The number of nitrogens with one attached hydrogen (secondary N) is 12. The van der Waals surface area contributed by atoms with Crippen molar-refractivity contribution >= 4 is 79.5 Å². The lowest BCUT2D eigenvalue weighted by atomic mass is 9.94. The average Bonchev–Trinajstić information content (AvgIpc) is 1.55. The molecule has 3 heterocycles. The van der Waals surface area contributed by atoms with Crippen molar-refractivity contribution in [3.8, 4) is 17.2 Å². The van der Waals surface area contributed by atoms with Gasteiger partial charge in [-0.15, -0.1) is 0 Å². The number of guanidine groups is 2. The van der Waals surface area contributed by atoms with E-state index in [-0.39, 0.29) is 99.7 Å². The van der Waals surface area contributed by atoms with E-state index in [1.165, 1.54) is 4.90 Å². The summed E-state index contributed by atoms with van der Waals surface area (Å²) in [4.78, 5) is 115. The number of carbonyl (C=O) groups is 8. The third kappa shape index (κ3) is 25.5. The molecule has 6 rings (SSSR count). The summed E-state index contributed by atoms with van der Waals surface area (Å²) in [5.41, 5.74) is 9.19. The second-order valence-electron chi connectivity index (χ2n) is 33.6. The van der Waals surface area contributed by atoms with Gasteiger partial charge in [-0.05, 0) is 238 Å². The van der Waals surface area contributed by atoms with E-state index >= 15 is 14.4 Å². The molecule has 0 bridgehead atoms. The molecule has 0 unspecified atom stereocenters. The minimum Gasteiger partial charge on any atom is -0.488 e. The fourth-order valence-corrected chi connectivity index (χ4v) is 17.2. The number of nitrogens with two attached hydrogens (primary N) is 1. The van der Waals surface area contributed by atoms with E-state index in [0.717, 1.165) is 11.1 Å². The van der Waals surface area contributed by atoms with Crippen molar-refractivity contribution in [2.75, 3.05) is 26.2 Å². The molecule has 3 aromatic carbocycles. The monoisotopic (exact) mass is 1600 g/mol. The number of carbonyl (C=O) groups excluding carboxylic acids is 7. The molecule has 112 heavy (non-hydrogen) atoms. The number of unbranched alkanes of at least 4 members (excludes halogenated alkanes) is 1. The molecular formula is C79H124N14O17S2. The van der Waals surface area contributed by atoms with Gasteiger partial charge in [0, 0.05) is 56.6 Å². The first-order valence-corrected chi connectivity index (χ1v) is 41.7. The van der Waals surface area contributed by atoms with Crippen molar-refractivity contribution in [1.82, 2.24) is 56.9 Å². The third-order valence-electron chi connectivity index (χ3n) is 20.1. The van der Waals surface area contributed by atoms with E-state index < -0.39 is 150 Å². The van der Waals surface area contributed by atoms with Crippen LogP contribution in [0, 0.1) is 64.2 Å². The molecule has 33 heteroatoms. The van der Waals surface area contributed by atoms with Crippen LogP contribution in [0.15, 0.2) is 34.1 Å². The van der Waals surface area contributed by atoms with Gasteiger partial charge in [0.1, 0.15) is 75.9 Å². The van der Waals surface area contributed by atoms with E-state index in [2.05, 4.69) is 52.0 Å². The quantitative estimate of drug-likeness (QED) is 0.0160. The number of hydrogen-bond acceptors (Lipinski definition) is 19. The first kappa shape index (κ1) is 91.9. The van der Waals surface area contributed by atoms with Crippen LogP contribution in [0.1, 0.15) is 218 Å². The Morgan fingerprint density at radius 3 is 1.57 bits per heavy atom. The Balaban J connectivity index is 1.30. The van der Waals surface area contributed by atoms with Crippen LogP contribution in [-0.2, 0) is 77.6 Å². The van der Waals surface area contributed by atoms with E-state index in [9.17, 15) is 45.9 Å². The lowest BCUT2D eigenvalue weighted by Gasteiger charge is -2.31. The van der Waals surface area contributed by atoms with Crippen molar-refractivity contribution in [2.24, 2.45) is 17.6 Å². The fraction of sp³-hybridized carbons (Fsp3) is 0.646. The van der Waals surface area contributed by atoms with Crippen molar-refractivity contribution < 1.29 is 79.2 Å². The molecule has 0 radical (unpaired) electrons. The van der Waals surface area contributed by atoms with Gasteiger partial charge in [0.05, 0.1) is 15.8 Å². The Hall–Kier alpha value is -8.98. The molecule has 0 aromatic heterocycles. The summed E-state index contributed by atoms with van der Waals surface area (Å²) >= 11 is 0. The molecule has 8 atom stereocenters. The lowest BCUT2D eigenvalue weighted by Crippen LogP contribution is -2.60. The van der Waals surface area contributed by atoms with Gasteiger partial charge in [0.25, 0.3) is 20.0 Å². The van der Waals surface area contributed by atoms with Gasteiger partial charge in [-0.3, -0.25) is 39.6 Å². The molecule has 0 aliphatic carbocycles. The number of carboxylic acid groups (broad SMARTS) is 1. The number of likely N-dealkylation sites (tertiary alicyclic amines) is 1. The summed E-state index contributed by atoms with van der Waals surface area (Å²) in [6, 6.07) is -2.54. The van der Waals surface area contributed by atoms with Crippen LogP contribution in [0.25, 0.3) is 0 Å². The molecule has 1 fully saturated rings. The molecule has 31 nitrogen and oxygen atoms in total. The number of fused-ring (bicyclic) bond motifs is 2. The highest BCUT2D eigenvalue weighted by Crippen LogP contribution is 2.45. The Morgan fingerprint density at radius 2 is 1.09 bits per heavy atom. The van der Waals surface area contributed by atoms with Crippen LogP contribution >= 0.6 is 0 Å². The molecule has 624 valence electrons. The minimum absolute atomic E-state index is 0.00269. The number of sulfonamides is 2. The molecule has 0 saturated carbocycles. The standard InChI is InChI=1S/C79H124N14O17S2/c1-21-44(4)61(70(98)89-59(72(100)101)39-43(2)3)90-68(96)58(40-51-31-33-52(34-32-51)107-76(11,12)13)88-69(97)60-30-26-38-93(60)71(99)57(29-25-37-84-74(82)92-112(105,106)65-48(8)46(6)63-54(50(65)10)42-79(19,20)109-63)87-67(95)56(86-66(94)55(80)27-22-23-35-85-75(102)110-77(14,15)16)28-24-36-83-73(81)91-111(103,104)64-47(7)45(5)62-53(49(64)9)41-78(17,18)108-62/h31-34,43-44,55-61H,21-30,35-42,80H2,1-20H3,(H,85,102)(H,86,94)(H,87,95)(H,88,97)(H,89,98)(H,90,96)(H,100,101)(H3,81,83,91)(H3,82,84,92)/t44-,55-,56-,57-,58-,59-,60-,61-/m0/s1. The highest BCUT2D eigenvalue weighted by atomic mass is 32.2. The number of rotatable bonds is 36. The van der Waals surface area contributed by atoms with Gasteiger partial charge in [0.2, 0.25) is 47.4 Å². The summed E-state index contributed by atoms with van der Waals surface area (Å²) in [7, 11) is -8.76. The fourth-order valence-electron chi connectivity index (χ4n) is 14.2. The Morgan fingerprint density at radius 1 is 0.607 bits per heavy atom. The van der Waals surface area contributed by atoms with Crippen molar-refractivity contribution in [2.45, 2.75) is 303 Å². The second-order valence-corrected chi connectivity index (χ2v) is 36.8. The van der Waals surface area contributed by atoms with E-state index in [1.807, 2.05) is 62.3 Å². The third-order valence-corrected chi connectivity index (χ3v) is 23.4. The second kappa shape index (κ2) is 38.2. The van der Waals surface area contributed by atoms with Gasteiger partial charge in [-0.1, -0.05) is 46.2 Å². The summed E-state index contributed by atoms with van der Waals surface area (Å²) in [6.45, 7) is 35.7. The van der Waals surface area contributed by atoms with E-state index in [4.69, 9.17) is 35.5 Å². The number of ether oxygens (including phenoxy) is 4. The molecule has 0 spiro atoms. The zero-order chi connectivity index (χ0) is 84.1. The zero-order valence-corrected chi connectivity index (χ0v) is 70.7. The van der Waals surface area contributed by atoms with E-state index in [0.29, 0.717) is 88.3 Å². The van der Waals surface area contributed by atoms with Crippen LogP contribution in [0.2, 0.25) is 0 Å². The topological polar surface area (TPSA) is 459 Å². The normalized spacial score (nSPS) is 16.9. The Bertz CT molecular complexity index is 4210. The average molecular weight is 1610 g/mol. The number of carboxylic acids is 1. The van der Waals surface area contributed by atoms with Crippen molar-refractivity contribution in [3.05, 3.63) is 74.3 Å². The lowest BCUT2D eigenvalue weighted by molar-refractivity contribution is -0.143. The summed E-state index contributed by atoms with van der Waals surface area (Å²) < 4.78 is 85.2. The molecule has 3 aliphatic rings. The van der Waals surface area contributed by atoms with Crippen LogP contribution in [0.5, 0.6) is 17.2 Å². The molecule has 3 aromatic rings. The maximum absolute atomic E-state index is 15.5. The maximum Gasteiger partial charge on any atom is 0.407 e. The highest BCUT2D eigenvalue weighted by molar-refractivity contribution is 7.90. The first-order chi connectivity index (χ1) is 51.9. The minimum atomic E-state index is -4.39. The van der Waals surface area contributed by atoms with Crippen LogP contribution in [-0.4, -0.2) is 177 Å². The van der Waals surface area contributed by atoms with Gasteiger partial charge >= 0.3 is 12.1 Å². The van der Waals surface area contributed by atoms with Crippen LogP contribution in [0.3, 0.4) is 0 Å². The van der Waals surface area contributed by atoms with Gasteiger partial charge in [-0.2, -0.15) is 0 Å². The number of benzene rings is 3. The number of aliphatic carboxylic acids is 1. The zero-order valence-electron chi connectivity index (χ0n) is 69.1. The Labute approximate surface area is 661 Å². The smallest absolute Gasteiger partial charge is 0.407 e. The first-order valence-electron chi connectivity index (χ1n) is 38.8. The number of alkyl carbamates (subject to hydrolysis) is 1. The number of hydrogen-bond donors (Lipinski definition) is 14. The number of nitrogens with zero attached hydrogens (tertiary/aromatic N) is 1. The molecule has 15 N–H and O–H groups in total. The molecule has 3 aliphatic heterocycles. The molecule has 1 saturated heterocycles. The largest absolute Gasteiger partial charge is 0.488 e. The van der Waals surface area contributed by atoms with Crippen molar-refractivity contribution in [1.29, 1.82) is 10.8 Å². The van der Waals surface area contributed by atoms with Gasteiger partial charge < -0.3 is 77.2 Å².